The number of nitrogens with one attached hydrogen (secondary N) is 1. The van der Waals surface area contributed by atoms with Gasteiger partial charge in [0.05, 0.1) is 0 Å². The van der Waals surface area contributed by atoms with Gasteiger partial charge in [-0.05, 0) is 31.9 Å². The van der Waals surface area contributed by atoms with E-state index in [9.17, 15) is 0 Å². The van der Waals surface area contributed by atoms with Crippen molar-refractivity contribution in [3.8, 4) is 0 Å². The predicted octanol–water partition coefficient (Wildman–Crippen LogP) is 3.10. The Morgan fingerprint density at radius 2 is 1.91 bits per heavy atom. The molecule has 0 aliphatic carbocycles. The minimum atomic E-state index is 0.954. The largest absolute Gasteiger partial charge is 0.308 e. The fourth-order valence-corrected chi connectivity index (χ4v) is 0.855. The summed E-state index contributed by atoms with van der Waals surface area (Å²) < 4.78 is 0. The van der Waals surface area contributed by atoms with Crippen LogP contribution in [0.25, 0.3) is 0 Å². The van der Waals surface area contributed by atoms with E-state index in [0.29, 0.717) is 0 Å². The van der Waals surface area contributed by atoms with Crippen LogP contribution in [0.1, 0.15) is 20.8 Å². The van der Waals surface area contributed by atoms with E-state index in [1.165, 1.54) is 6.21 Å². The topological polar surface area (TPSA) is 23.9 Å². The third-order valence-electron chi connectivity index (χ3n) is 1.43. The lowest BCUT2D eigenvalue weighted by atomic mass is 10.0. The summed E-state index contributed by atoms with van der Waals surface area (Å²) in [5.41, 5.74) is 3.02. The van der Waals surface area contributed by atoms with Gasteiger partial charge in [0, 0.05) is 6.21 Å². The number of allylic oxidation sites excluding steroid dienone is 5. The molecule has 0 atom stereocenters. The van der Waals surface area contributed by atoms with Crippen LogP contribution in [-0.4, -0.2) is 6.21 Å². The van der Waals surface area contributed by atoms with Crippen LogP contribution in [0.2, 0.25) is 0 Å². The molecule has 0 aromatic heterocycles. The quantitative estimate of drug-likeness (QED) is 0.471. The Bertz CT molecular complexity index is 219. The second-order valence-corrected chi connectivity index (χ2v) is 2.52. The first-order valence-electron chi connectivity index (χ1n) is 3.63. The summed E-state index contributed by atoms with van der Waals surface area (Å²) in [6.07, 6.45) is 5.28. The highest BCUT2D eigenvalue weighted by Gasteiger charge is 1.95. The molecule has 0 saturated heterocycles. The average molecular weight is 149 g/mol. The van der Waals surface area contributed by atoms with Crippen molar-refractivity contribution in [3.63, 3.8) is 0 Å². The maximum Gasteiger partial charge on any atom is 0.0213 e. The van der Waals surface area contributed by atoms with Gasteiger partial charge in [0.2, 0.25) is 0 Å². The first-order chi connectivity index (χ1) is 5.13. The van der Waals surface area contributed by atoms with Crippen LogP contribution < -0.4 is 0 Å². The Morgan fingerprint density at radius 3 is 2.18 bits per heavy atom. The van der Waals surface area contributed by atoms with Crippen LogP contribution in [0.15, 0.2) is 35.5 Å². The van der Waals surface area contributed by atoms with Crippen molar-refractivity contribution in [1.29, 1.82) is 5.41 Å². The normalized spacial score (nSPS) is 13.0. The van der Waals surface area contributed by atoms with Gasteiger partial charge in [0.1, 0.15) is 0 Å². The van der Waals surface area contributed by atoms with Gasteiger partial charge in [-0.2, -0.15) is 0 Å². The first kappa shape index (κ1) is 9.89. The zero-order valence-corrected chi connectivity index (χ0v) is 7.44. The van der Waals surface area contributed by atoms with E-state index in [4.69, 9.17) is 5.41 Å². The lowest BCUT2D eigenvalue weighted by Crippen LogP contribution is -1.86. The Labute approximate surface area is 68.6 Å². The number of hydrogen-bond acceptors (Lipinski definition) is 1. The van der Waals surface area contributed by atoms with E-state index in [-0.39, 0.29) is 0 Å². The van der Waals surface area contributed by atoms with E-state index >= 15 is 0 Å². The standard InChI is InChI=1S/C10H15N/c1-5-6-10(8(2)3)9(4)7-11/h5-7,11H,2H2,1,3-4H3/b6-5-,10-9+,11-7?. The molecule has 1 N–H and O–H groups in total. The molecule has 0 amide bonds. The Balaban J connectivity index is 4.87. The summed E-state index contributed by atoms with van der Waals surface area (Å²) in [5.74, 6) is 0. The molecule has 0 aromatic carbocycles. The second-order valence-electron chi connectivity index (χ2n) is 2.52. The zero-order valence-electron chi connectivity index (χ0n) is 7.44. The number of rotatable bonds is 3. The van der Waals surface area contributed by atoms with Crippen molar-refractivity contribution in [3.05, 3.63) is 35.5 Å². The molecule has 0 heterocycles. The van der Waals surface area contributed by atoms with Crippen molar-refractivity contribution >= 4 is 6.21 Å². The van der Waals surface area contributed by atoms with Gasteiger partial charge < -0.3 is 5.41 Å². The van der Waals surface area contributed by atoms with E-state index in [2.05, 4.69) is 6.58 Å². The highest BCUT2D eigenvalue weighted by atomic mass is 14.3. The fourth-order valence-electron chi connectivity index (χ4n) is 0.855. The van der Waals surface area contributed by atoms with E-state index in [1.807, 2.05) is 32.9 Å². The van der Waals surface area contributed by atoms with Gasteiger partial charge in [0.25, 0.3) is 0 Å². The van der Waals surface area contributed by atoms with E-state index < -0.39 is 0 Å². The van der Waals surface area contributed by atoms with Gasteiger partial charge in [-0.25, -0.2) is 0 Å². The Kier molecular flexibility index (Phi) is 4.20. The third kappa shape index (κ3) is 2.99. The predicted molar refractivity (Wildman–Crippen MR) is 51.1 cm³/mol. The van der Waals surface area contributed by atoms with Crippen LogP contribution in [-0.2, 0) is 0 Å². The molecule has 60 valence electrons. The first-order valence-corrected chi connectivity index (χ1v) is 3.63. The third-order valence-corrected chi connectivity index (χ3v) is 1.43. The minimum Gasteiger partial charge on any atom is -0.308 e. The summed E-state index contributed by atoms with van der Waals surface area (Å²) in [4.78, 5) is 0. The van der Waals surface area contributed by atoms with E-state index in [0.717, 1.165) is 16.7 Å². The molecule has 0 bridgehead atoms. The van der Waals surface area contributed by atoms with Crippen LogP contribution in [0, 0.1) is 5.41 Å². The molecule has 11 heavy (non-hydrogen) atoms. The summed E-state index contributed by atoms with van der Waals surface area (Å²) in [5, 5.41) is 7.05. The van der Waals surface area contributed by atoms with Gasteiger partial charge in [-0.1, -0.05) is 24.3 Å². The summed E-state index contributed by atoms with van der Waals surface area (Å²) in [6.45, 7) is 9.65. The van der Waals surface area contributed by atoms with Gasteiger partial charge in [-0.3, -0.25) is 0 Å². The van der Waals surface area contributed by atoms with Crippen LogP contribution in [0.4, 0.5) is 0 Å². The molecule has 1 heteroatoms. The Morgan fingerprint density at radius 1 is 1.36 bits per heavy atom. The van der Waals surface area contributed by atoms with E-state index in [1.54, 1.807) is 0 Å². The molecule has 0 spiro atoms. The smallest absolute Gasteiger partial charge is 0.0213 e. The summed E-state index contributed by atoms with van der Waals surface area (Å²) in [6, 6.07) is 0. The van der Waals surface area contributed by atoms with Crippen molar-refractivity contribution < 1.29 is 0 Å². The summed E-state index contributed by atoms with van der Waals surface area (Å²) in [7, 11) is 0. The zero-order chi connectivity index (χ0) is 8.85. The monoisotopic (exact) mass is 149 g/mol. The number of hydrogen-bond donors (Lipinski definition) is 1. The minimum absolute atomic E-state index is 0.954. The molecular formula is C10H15N. The molecule has 0 aliphatic rings. The lowest BCUT2D eigenvalue weighted by molar-refractivity contribution is 1.37. The van der Waals surface area contributed by atoms with Crippen LogP contribution in [0.3, 0.4) is 0 Å². The molecule has 0 aliphatic heterocycles. The summed E-state index contributed by atoms with van der Waals surface area (Å²) >= 11 is 0. The SMILES string of the molecule is C=C(C)C(/C=C\C)=C(\C)C=N. The molecule has 0 saturated carbocycles. The molecule has 1 nitrogen and oxygen atoms in total. The molecule has 0 fully saturated rings. The van der Waals surface area contributed by atoms with Crippen molar-refractivity contribution in [2.45, 2.75) is 20.8 Å². The van der Waals surface area contributed by atoms with Crippen molar-refractivity contribution in [1.82, 2.24) is 0 Å². The van der Waals surface area contributed by atoms with Crippen molar-refractivity contribution in [2.24, 2.45) is 0 Å². The maximum absolute atomic E-state index is 7.05. The highest BCUT2D eigenvalue weighted by molar-refractivity contribution is 5.78. The van der Waals surface area contributed by atoms with Gasteiger partial charge in [0.15, 0.2) is 0 Å². The molecular weight excluding hydrogens is 134 g/mol. The molecule has 0 aromatic rings. The van der Waals surface area contributed by atoms with Crippen molar-refractivity contribution in [2.75, 3.05) is 0 Å². The lowest BCUT2D eigenvalue weighted by Gasteiger charge is -2.02. The van der Waals surface area contributed by atoms with Crippen LogP contribution in [0.5, 0.6) is 0 Å². The highest BCUT2D eigenvalue weighted by Crippen LogP contribution is 2.12. The van der Waals surface area contributed by atoms with Gasteiger partial charge in [-0.15, -0.1) is 0 Å². The maximum atomic E-state index is 7.05. The molecule has 0 unspecified atom stereocenters. The Hall–Kier alpha value is -1.11. The average Bonchev–Trinajstić information content (AvgIpc) is 1.98. The van der Waals surface area contributed by atoms with Crippen LogP contribution >= 0.6 is 0 Å². The molecule has 0 rings (SSSR count). The second kappa shape index (κ2) is 4.67. The van der Waals surface area contributed by atoms with Gasteiger partial charge >= 0.3 is 0 Å². The molecule has 0 radical (unpaired) electrons. The fraction of sp³-hybridized carbons (Fsp3) is 0.300.